The molecule has 0 unspecified atom stereocenters. The van der Waals surface area contributed by atoms with Gasteiger partial charge in [-0.05, 0) is 70.9 Å². The van der Waals surface area contributed by atoms with Crippen LogP contribution >= 0.6 is 43.5 Å². The summed E-state index contributed by atoms with van der Waals surface area (Å²) in [6.07, 6.45) is 3.58. The number of nitrogens with one attached hydrogen (secondary N) is 1. The van der Waals surface area contributed by atoms with Gasteiger partial charge in [0.25, 0.3) is 11.5 Å². The molecule has 206 valence electrons. The lowest BCUT2D eigenvalue weighted by Crippen LogP contribution is -2.22. The number of ether oxygens (including phenoxy) is 1. The molecule has 1 heterocycles. The van der Waals surface area contributed by atoms with Crippen LogP contribution in [-0.4, -0.2) is 33.3 Å². The second kappa shape index (κ2) is 13.2. The van der Waals surface area contributed by atoms with Gasteiger partial charge in [0.1, 0.15) is 5.82 Å². The number of fused-ring (bicyclic) bond motifs is 1. The lowest BCUT2D eigenvalue weighted by Gasteiger charge is -2.11. The molecule has 40 heavy (non-hydrogen) atoms. The zero-order chi connectivity index (χ0) is 28.8. The maximum Gasteiger partial charge on any atom is 0.312 e. The molecule has 1 aromatic heterocycles. The SMILES string of the molecule is CCCCc1nc2ccc(Br)cc2c(=O)n1N=Cc1cc(Br)c(OCC(=O)Nc2ccc(Cl)cc2)c([N+](=O)[O-])c1. The molecule has 4 rings (SSSR count). The normalized spacial score (nSPS) is 11.2. The Labute approximate surface area is 250 Å². The number of nitro benzene ring substituents is 1. The number of carbonyl (C=O) groups excluding carboxylic acids is 1. The Hall–Kier alpha value is -3.61. The first kappa shape index (κ1) is 29.4. The van der Waals surface area contributed by atoms with E-state index in [1.807, 2.05) is 13.0 Å². The molecule has 10 nitrogen and oxygen atoms in total. The molecule has 0 aliphatic rings. The Morgan fingerprint density at radius 1 is 1.20 bits per heavy atom. The van der Waals surface area contributed by atoms with Crippen molar-refractivity contribution in [1.29, 1.82) is 0 Å². The largest absolute Gasteiger partial charge is 0.476 e. The van der Waals surface area contributed by atoms with Gasteiger partial charge in [0, 0.05) is 33.2 Å². The monoisotopic (exact) mass is 689 g/mol. The third-order valence-corrected chi connectivity index (χ3v) is 7.00. The molecule has 0 fully saturated rings. The first-order valence-corrected chi connectivity index (χ1v) is 14.0. The molecule has 1 amide bonds. The number of nitro groups is 1. The minimum absolute atomic E-state index is 0.119. The van der Waals surface area contributed by atoms with Gasteiger partial charge in [-0.1, -0.05) is 40.9 Å². The molecular formula is C27H22Br2ClN5O5. The summed E-state index contributed by atoms with van der Waals surface area (Å²) in [5.74, 6) is -0.145. The van der Waals surface area contributed by atoms with E-state index < -0.39 is 17.4 Å². The van der Waals surface area contributed by atoms with Crippen molar-refractivity contribution in [2.45, 2.75) is 26.2 Å². The molecule has 3 aromatic carbocycles. The van der Waals surface area contributed by atoms with Crippen LogP contribution in [0.3, 0.4) is 0 Å². The quantitative estimate of drug-likeness (QED) is 0.112. The number of hydrogen-bond acceptors (Lipinski definition) is 7. The van der Waals surface area contributed by atoms with E-state index in [2.05, 4.69) is 47.3 Å². The van der Waals surface area contributed by atoms with Gasteiger partial charge in [0.05, 0.1) is 26.5 Å². The van der Waals surface area contributed by atoms with Gasteiger partial charge in [-0.25, -0.2) is 4.98 Å². The van der Waals surface area contributed by atoms with Gasteiger partial charge in [-0.15, -0.1) is 0 Å². The number of anilines is 1. The fourth-order valence-electron chi connectivity index (χ4n) is 3.76. The number of nitrogens with zero attached hydrogens (tertiary/aromatic N) is 4. The number of aryl methyl sites for hydroxylation is 1. The fraction of sp³-hybridized carbons (Fsp3) is 0.185. The molecular weight excluding hydrogens is 670 g/mol. The summed E-state index contributed by atoms with van der Waals surface area (Å²) in [4.78, 5) is 41.5. The molecule has 13 heteroatoms. The third-order valence-electron chi connectivity index (χ3n) is 5.67. The molecule has 0 bridgehead atoms. The van der Waals surface area contributed by atoms with Crippen molar-refractivity contribution >= 4 is 77.9 Å². The van der Waals surface area contributed by atoms with Crippen LogP contribution in [0.15, 0.2) is 73.4 Å². The summed E-state index contributed by atoms with van der Waals surface area (Å²) in [7, 11) is 0. The van der Waals surface area contributed by atoms with E-state index in [0.717, 1.165) is 17.3 Å². The van der Waals surface area contributed by atoms with Gasteiger partial charge >= 0.3 is 5.69 Å². The molecule has 0 radical (unpaired) electrons. The van der Waals surface area contributed by atoms with E-state index in [0.29, 0.717) is 39.4 Å². The first-order chi connectivity index (χ1) is 19.2. The Balaban J connectivity index is 1.62. The number of rotatable bonds is 10. The van der Waals surface area contributed by atoms with Gasteiger partial charge in [0.15, 0.2) is 6.61 Å². The number of benzene rings is 3. The fourth-order valence-corrected chi connectivity index (χ4v) is 4.82. The van der Waals surface area contributed by atoms with Crippen molar-refractivity contribution in [2.24, 2.45) is 5.10 Å². The minimum atomic E-state index is -0.623. The average molecular weight is 692 g/mol. The van der Waals surface area contributed by atoms with Crippen molar-refractivity contribution in [2.75, 3.05) is 11.9 Å². The van der Waals surface area contributed by atoms with Gasteiger partial charge in [-0.2, -0.15) is 9.78 Å². The number of carbonyl (C=O) groups is 1. The summed E-state index contributed by atoms with van der Waals surface area (Å²) in [6, 6.07) is 14.5. The smallest absolute Gasteiger partial charge is 0.312 e. The van der Waals surface area contributed by atoms with Crippen LogP contribution in [0.2, 0.25) is 5.02 Å². The molecule has 0 spiro atoms. The number of aromatic nitrogens is 2. The van der Waals surface area contributed by atoms with E-state index in [1.54, 1.807) is 42.5 Å². The van der Waals surface area contributed by atoms with Crippen molar-refractivity contribution < 1.29 is 14.5 Å². The highest BCUT2D eigenvalue weighted by Crippen LogP contribution is 2.36. The number of halogens is 3. The minimum Gasteiger partial charge on any atom is -0.476 e. The Morgan fingerprint density at radius 2 is 1.95 bits per heavy atom. The second-order valence-corrected chi connectivity index (χ2v) is 10.8. The maximum absolute atomic E-state index is 13.3. The van der Waals surface area contributed by atoms with Crippen molar-refractivity contribution in [3.05, 3.63) is 100 Å². The van der Waals surface area contributed by atoms with Crippen LogP contribution in [0.5, 0.6) is 5.75 Å². The standard InChI is InChI=1S/C27H22Br2ClN5O5/c1-2-3-4-24-33-22-10-5-17(28)13-20(22)27(37)34(24)31-14-16-11-21(29)26(23(12-16)35(38)39)40-15-25(36)32-19-8-6-18(30)7-9-19/h5-14H,2-4,15H2,1H3,(H,32,36). The molecule has 0 atom stereocenters. The van der Waals surface area contributed by atoms with Crippen LogP contribution in [0.4, 0.5) is 11.4 Å². The van der Waals surface area contributed by atoms with Crippen molar-refractivity contribution in [3.8, 4) is 5.75 Å². The lowest BCUT2D eigenvalue weighted by molar-refractivity contribution is -0.385. The van der Waals surface area contributed by atoms with Crippen LogP contribution in [-0.2, 0) is 11.2 Å². The summed E-state index contributed by atoms with van der Waals surface area (Å²) in [5, 5.41) is 19.7. The number of hydrogen-bond donors (Lipinski definition) is 1. The van der Waals surface area contributed by atoms with Crippen LogP contribution < -0.4 is 15.6 Å². The predicted molar refractivity (Wildman–Crippen MR) is 162 cm³/mol. The Bertz CT molecular complexity index is 1680. The zero-order valence-electron chi connectivity index (χ0n) is 21.1. The van der Waals surface area contributed by atoms with Gasteiger partial charge in [-0.3, -0.25) is 19.7 Å². The summed E-state index contributed by atoms with van der Waals surface area (Å²) < 4.78 is 7.69. The highest BCUT2D eigenvalue weighted by molar-refractivity contribution is 9.10. The van der Waals surface area contributed by atoms with Crippen molar-refractivity contribution in [3.63, 3.8) is 0 Å². The lowest BCUT2D eigenvalue weighted by atomic mass is 10.2. The Morgan fingerprint density at radius 3 is 2.65 bits per heavy atom. The molecule has 1 N–H and O–H groups in total. The molecule has 0 aliphatic heterocycles. The third kappa shape index (κ3) is 7.12. The van der Waals surface area contributed by atoms with E-state index >= 15 is 0 Å². The van der Waals surface area contributed by atoms with E-state index in [1.165, 1.54) is 17.0 Å². The van der Waals surface area contributed by atoms with E-state index in [4.69, 9.17) is 16.3 Å². The van der Waals surface area contributed by atoms with Gasteiger partial charge < -0.3 is 10.1 Å². The zero-order valence-corrected chi connectivity index (χ0v) is 25.0. The van der Waals surface area contributed by atoms with Crippen molar-refractivity contribution in [1.82, 2.24) is 9.66 Å². The second-order valence-electron chi connectivity index (χ2n) is 8.61. The average Bonchev–Trinajstić information content (AvgIpc) is 2.92. The number of amides is 1. The maximum atomic E-state index is 13.3. The highest BCUT2D eigenvalue weighted by Gasteiger charge is 2.21. The summed E-state index contributed by atoms with van der Waals surface area (Å²) >= 11 is 12.5. The van der Waals surface area contributed by atoms with E-state index in [9.17, 15) is 19.7 Å². The van der Waals surface area contributed by atoms with Crippen LogP contribution in [0.1, 0.15) is 31.2 Å². The molecule has 0 saturated carbocycles. The van der Waals surface area contributed by atoms with Gasteiger partial charge in [0.2, 0.25) is 5.75 Å². The Kier molecular flexibility index (Phi) is 9.67. The van der Waals surface area contributed by atoms with Crippen LogP contribution in [0.25, 0.3) is 10.9 Å². The summed E-state index contributed by atoms with van der Waals surface area (Å²) in [6.45, 7) is 1.56. The van der Waals surface area contributed by atoms with E-state index in [-0.39, 0.29) is 21.5 Å². The number of unbranched alkanes of at least 4 members (excludes halogenated alkanes) is 1. The predicted octanol–water partition coefficient (Wildman–Crippen LogP) is 6.73. The highest BCUT2D eigenvalue weighted by atomic mass is 79.9. The topological polar surface area (TPSA) is 129 Å². The molecule has 0 aliphatic carbocycles. The van der Waals surface area contributed by atoms with Crippen LogP contribution in [0, 0.1) is 10.1 Å². The molecule has 4 aromatic rings. The first-order valence-electron chi connectivity index (χ1n) is 12.1. The molecule has 0 saturated heterocycles. The summed E-state index contributed by atoms with van der Waals surface area (Å²) in [5.41, 5.74) is 0.662.